The van der Waals surface area contributed by atoms with Gasteiger partial charge in [-0.3, -0.25) is 4.79 Å². The van der Waals surface area contributed by atoms with E-state index in [2.05, 4.69) is 0 Å². The normalized spacial score (nSPS) is 32.8. The van der Waals surface area contributed by atoms with Gasteiger partial charge in [-0.25, -0.2) is 0 Å². The van der Waals surface area contributed by atoms with E-state index in [-0.39, 0.29) is 12.0 Å². The van der Waals surface area contributed by atoms with Crippen LogP contribution >= 0.6 is 0 Å². The predicted octanol–water partition coefficient (Wildman–Crippen LogP) is 0.979. The number of carboxylic acid groups (broad SMARTS) is 1. The highest BCUT2D eigenvalue weighted by Crippen LogP contribution is 2.22. The second kappa shape index (κ2) is 3.72. The molecule has 11 heavy (non-hydrogen) atoms. The van der Waals surface area contributed by atoms with Crippen molar-refractivity contribution in [2.75, 3.05) is 0 Å². The smallest absolute Gasteiger partial charge is 0.306 e. The summed E-state index contributed by atoms with van der Waals surface area (Å²) in [4.78, 5) is 10.6. The van der Waals surface area contributed by atoms with Gasteiger partial charge in [0.05, 0.1) is 5.92 Å². The lowest BCUT2D eigenvalue weighted by molar-refractivity contribution is -0.142. The Morgan fingerprint density at radius 3 is 2.64 bits per heavy atom. The lowest BCUT2D eigenvalue weighted by Crippen LogP contribution is -2.19. The van der Waals surface area contributed by atoms with Crippen LogP contribution in [0.2, 0.25) is 0 Å². The summed E-state index contributed by atoms with van der Waals surface area (Å²) in [6, 6.07) is 0.236. The Balaban J connectivity index is 2.40. The molecule has 64 valence electrons. The monoisotopic (exact) mass is 157 g/mol. The van der Waals surface area contributed by atoms with Crippen LogP contribution in [0.15, 0.2) is 0 Å². The average Bonchev–Trinajstić information content (AvgIpc) is 2.13. The highest BCUT2D eigenvalue weighted by Gasteiger charge is 2.21. The molecule has 0 saturated heterocycles. The van der Waals surface area contributed by atoms with E-state index >= 15 is 0 Å². The van der Waals surface area contributed by atoms with E-state index in [0.29, 0.717) is 0 Å². The van der Waals surface area contributed by atoms with E-state index in [9.17, 15) is 4.79 Å². The lowest BCUT2D eigenvalue weighted by atomic mass is 10.0. The maximum Gasteiger partial charge on any atom is 0.306 e. The van der Waals surface area contributed by atoms with Gasteiger partial charge in [-0.05, 0) is 25.7 Å². The van der Waals surface area contributed by atoms with Gasteiger partial charge in [0, 0.05) is 6.04 Å². The lowest BCUT2D eigenvalue weighted by Gasteiger charge is -2.07. The second-order valence-corrected chi connectivity index (χ2v) is 3.30. The molecule has 2 atom stereocenters. The Morgan fingerprint density at radius 2 is 2.00 bits per heavy atom. The van der Waals surface area contributed by atoms with Crippen LogP contribution in [0.5, 0.6) is 0 Å². The number of rotatable bonds is 1. The van der Waals surface area contributed by atoms with Crippen LogP contribution in [-0.2, 0) is 4.79 Å². The van der Waals surface area contributed by atoms with Crippen molar-refractivity contribution in [3.8, 4) is 0 Å². The fourth-order valence-corrected chi connectivity index (χ4v) is 1.58. The minimum atomic E-state index is -0.654. The number of hydrogen-bond acceptors (Lipinski definition) is 2. The SMILES string of the molecule is N[C@H]1CCC[C@@H](C(=O)O)CC1. The Kier molecular flexibility index (Phi) is 2.88. The summed E-state index contributed by atoms with van der Waals surface area (Å²) in [6.07, 6.45) is 4.40. The third-order valence-corrected chi connectivity index (χ3v) is 2.36. The quantitative estimate of drug-likeness (QED) is 0.558. The van der Waals surface area contributed by atoms with E-state index in [1.54, 1.807) is 0 Å². The van der Waals surface area contributed by atoms with Gasteiger partial charge in [0.2, 0.25) is 0 Å². The van der Waals surface area contributed by atoms with Crippen LogP contribution in [0.1, 0.15) is 32.1 Å². The minimum absolute atomic E-state index is 0.136. The van der Waals surface area contributed by atoms with Crippen molar-refractivity contribution in [2.24, 2.45) is 11.7 Å². The Labute approximate surface area is 66.6 Å². The Morgan fingerprint density at radius 1 is 1.27 bits per heavy atom. The molecule has 0 aromatic rings. The molecule has 1 fully saturated rings. The molecule has 0 radical (unpaired) electrons. The first-order valence-corrected chi connectivity index (χ1v) is 4.18. The van der Waals surface area contributed by atoms with Gasteiger partial charge in [0.1, 0.15) is 0 Å². The van der Waals surface area contributed by atoms with E-state index < -0.39 is 5.97 Å². The molecule has 1 aliphatic rings. The highest BCUT2D eigenvalue weighted by atomic mass is 16.4. The maximum absolute atomic E-state index is 10.6. The molecule has 3 heteroatoms. The summed E-state index contributed by atoms with van der Waals surface area (Å²) < 4.78 is 0. The first-order valence-electron chi connectivity index (χ1n) is 4.18. The largest absolute Gasteiger partial charge is 0.481 e. The minimum Gasteiger partial charge on any atom is -0.481 e. The van der Waals surface area contributed by atoms with E-state index in [4.69, 9.17) is 10.8 Å². The first kappa shape index (κ1) is 8.53. The Hall–Kier alpha value is -0.570. The number of hydrogen-bond donors (Lipinski definition) is 2. The molecule has 0 aromatic carbocycles. The first-order chi connectivity index (χ1) is 5.20. The standard InChI is InChI=1S/C8H15NO2/c9-7-3-1-2-6(4-5-7)8(10)11/h6-7H,1-5,9H2,(H,10,11)/t6-,7+/m1/s1. The molecule has 0 unspecified atom stereocenters. The van der Waals surface area contributed by atoms with Crippen LogP contribution < -0.4 is 5.73 Å². The van der Waals surface area contributed by atoms with Crippen LogP contribution in [0, 0.1) is 5.92 Å². The summed E-state index contributed by atoms with van der Waals surface area (Å²) in [6.45, 7) is 0. The van der Waals surface area contributed by atoms with Crippen molar-refractivity contribution in [1.29, 1.82) is 0 Å². The van der Waals surface area contributed by atoms with Gasteiger partial charge in [0.15, 0.2) is 0 Å². The molecular formula is C8H15NO2. The number of carboxylic acids is 1. The van der Waals surface area contributed by atoms with Crippen LogP contribution in [0.3, 0.4) is 0 Å². The zero-order chi connectivity index (χ0) is 8.27. The van der Waals surface area contributed by atoms with Gasteiger partial charge >= 0.3 is 5.97 Å². The number of nitrogens with two attached hydrogens (primary N) is 1. The van der Waals surface area contributed by atoms with Crippen molar-refractivity contribution >= 4 is 5.97 Å². The topological polar surface area (TPSA) is 63.3 Å². The molecule has 1 saturated carbocycles. The molecule has 3 nitrogen and oxygen atoms in total. The molecule has 0 heterocycles. The van der Waals surface area contributed by atoms with Crippen molar-refractivity contribution < 1.29 is 9.90 Å². The molecule has 0 aliphatic heterocycles. The summed E-state index contributed by atoms with van der Waals surface area (Å²) in [5, 5.41) is 8.71. The zero-order valence-electron chi connectivity index (χ0n) is 6.62. The molecule has 3 N–H and O–H groups in total. The fourth-order valence-electron chi connectivity index (χ4n) is 1.58. The third kappa shape index (κ3) is 2.50. The van der Waals surface area contributed by atoms with E-state index in [1.165, 1.54) is 0 Å². The summed E-state index contributed by atoms with van der Waals surface area (Å²) in [5.41, 5.74) is 5.70. The summed E-state index contributed by atoms with van der Waals surface area (Å²) >= 11 is 0. The average molecular weight is 157 g/mol. The summed E-state index contributed by atoms with van der Waals surface area (Å²) in [7, 11) is 0. The number of aliphatic carboxylic acids is 1. The van der Waals surface area contributed by atoms with E-state index in [0.717, 1.165) is 32.1 Å². The molecule has 0 aromatic heterocycles. The van der Waals surface area contributed by atoms with Gasteiger partial charge < -0.3 is 10.8 Å². The predicted molar refractivity (Wildman–Crippen MR) is 42.2 cm³/mol. The second-order valence-electron chi connectivity index (χ2n) is 3.30. The molecule has 0 spiro atoms. The van der Waals surface area contributed by atoms with Gasteiger partial charge in [0.25, 0.3) is 0 Å². The van der Waals surface area contributed by atoms with Crippen molar-refractivity contribution in [1.82, 2.24) is 0 Å². The van der Waals surface area contributed by atoms with Crippen molar-refractivity contribution in [3.05, 3.63) is 0 Å². The molecule has 0 amide bonds. The molecule has 0 bridgehead atoms. The summed E-state index contributed by atoms with van der Waals surface area (Å²) in [5.74, 6) is -0.789. The van der Waals surface area contributed by atoms with Crippen LogP contribution in [0.4, 0.5) is 0 Å². The zero-order valence-corrected chi connectivity index (χ0v) is 6.62. The molecular weight excluding hydrogens is 142 g/mol. The molecule has 1 aliphatic carbocycles. The molecule has 1 rings (SSSR count). The Bertz CT molecular complexity index is 147. The van der Waals surface area contributed by atoms with E-state index in [1.807, 2.05) is 0 Å². The van der Waals surface area contributed by atoms with Gasteiger partial charge in [-0.2, -0.15) is 0 Å². The maximum atomic E-state index is 10.6. The van der Waals surface area contributed by atoms with Crippen LogP contribution in [0.25, 0.3) is 0 Å². The van der Waals surface area contributed by atoms with Crippen LogP contribution in [-0.4, -0.2) is 17.1 Å². The fraction of sp³-hybridized carbons (Fsp3) is 0.875. The highest BCUT2D eigenvalue weighted by molar-refractivity contribution is 5.69. The van der Waals surface area contributed by atoms with Crippen molar-refractivity contribution in [2.45, 2.75) is 38.1 Å². The van der Waals surface area contributed by atoms with Gasteiger partial charge in [-0.15, -0.1) is 0 Å². The third-order valence-electron chi connectivity index (χ3n) is 2.36. The number of carbonyl (C=O) groups is 1. The van der Waals surface area contributed by atoms with Crippen molar-refractivity contribution in [3.63, 3.8) is 0 Å². The van der Waals surface area contributed by atoms with Gasteiger partial charge in [-0.1, -0.05) is 6.42 Å².